The summed E-state index contributed by atoms with van der Waals surface area (Å²) in [5.74, 6) is 6.65. The molecule has 1 fully saturated rings. The van der Waals surface area contributed by atoms with Crippen LogP contribution in [0.4, 0.5) is 0 Å². The Bertz CT molecular complexity index is 387. The van der Waals surface area contributed by atoms with Crippen molar-refractivity contribution in [2.75, 3.05) is 6.61 Å². The first-order valence-corrected chi connectivity index (χ1v) is 7.86. The van der Waals surface area contributed by atoms with Crippen LogP contribution in [0.5, 0.6) is 0 Å². The minimum atomic E-state index is -0.264. The van der Waals surface area contributed by atoms with E-state index in [1.807, 2.05) is 13.0 Å². The van der Waals surface area contributed by atoms with E-state index in [0.717, 1.165) is 23.1 Å². The number of nitrogens with one attached hydrogen (secondary N) is 1. The number of ether oxygens (including phenoxy) is 1. The van der Waals surface area contributed by atoms with Gasteiger partial charge in [0, 0.05) is 6.61 Å². The van der Waals surface area contributed by atoms with Crippen molar-refractivity contribution < 1.29 is 9.15 Å². The minimum absolute atomic E-state index is 0.116. The Labute approximate surface area is 123 Å². The quantitative estimate of drug-likeness (QED) is 0.491. The van der Waals surface area contributed by atoms with Crippen LogP contribution in [-0.2, 0) is 4.74 Å². The summed E-state index contributed by atoms with van der Waals surface area (Å²) in [5, 5.41) is 0. The van der Waals surface area contributed by atoms with Gasteiger partial charge in [0.05, 0.1) is 16.3 Å². The number of hydrogen-bond acceptors (Lipinski definition) is 4. The van der Waals surface area contributed by atoms with Gasteiger partial charge in [-0.2, -0.15) is 0 Å². The molecule has 0 aliphatic heterocycles. The van der Waals surface area contributed by atoms with E-state index in [0.29, 0.717) is 6.61 Å². The van der Waals surface area contributed by atoms with Gasteiger partial charge in [0.2, 0.25) is 0 Å². The standard InChI is InChI=1S/C14H23BrN2O2/c1-2-19-14(8-5-3-4-6-9-14)13(17-16)12-11(15)7-10-18-12/h7,10,13,17H,2-6,8-9,16H2,1H3. The zero-order valence-electron chi connectivity index (χ0n) is 11.5. The third-order valence-electron chi connectivity index (χ3n) is 3.98. The summed E-state index contributed by atoms with van der Waals surface area (Å²) in [5.41, 5.74) is 2.66. The fourth-order valence-electron chi connectivity index (χ4n) is 3.11. The molecule has 1 aromatic rings. The molecule has 0 aromatic carbocycles. The van der Waals surface area contributed by atoms with E-state index in [1.54, 1.807) is 6.26 Å². The number of halogens is 1. The van der Waals surface area contributed by atoms with Crippen molar-refractivity contribution in [3.8, 4) is 0 Å². The Kier molecular flexibility index (Phi) is 5.45. The minimum Gasteiger partial charge on any atom is -0.466 e. The molecule has 1 atom stereocenters. The highest BCUT2D eigenvalue weighted by Gasteiger charge is 2.42. The number of furan rings is 1. The maximum atomic E-state index is 6.16. The molecule has 1 aromatic heterocycles. The largest absolute Gasteiger partial charge is 0.466 e. The van der Waals surface area contributed by atoms with Crippen molar-refractivity contribution in [2.45, 2.75) is 57.1 Å². The summed E-state index contributed by atoms with van der Waals surface area (Å²) in [7, 11) is 0. The third kappa shape index (κ3) is 3.21. The van der Waals surface area contributed by atoms with Crippen LogP contribution in [0.1, 0.15) is 57.3 Å². The van der Waals surface area contributed by atoms with Gasteiger partial charge in [0.25, 0.3) is 0 Å². The first kappa shape index (κ1) is 15.0. The van der Waals surface area contributed by atoms with Gasteiger partial charge in [0.15, 0.2) is 0 Å². The normalized spacial score (nSPS) is 21.0. The predicted molar refractivity (Wildman–Crippen MR) is 78.5 cm³/mol. The zero-order valence-corrected chi connectivity index (χ0v) is 13.0. The van der Waals surface area contributed by atoms with E-state index in [-0.39, 0.29) is 11.6 Å². The van der Waals surface area contributed by atoms with E-state index in [1.165, 1.54) is 25.7 Å². The second kappa shape index (κ2) is 6.88. The molecule has 1 aliphatic carbocycles. The Morgan fingerprint density at radius 2 is 2.11 bits per heavy atom. The summed E-state index contributed by atoms with van der Waals surface area (Å²) in [6.07, 6.45) is 8.61. The van der Waals surface area contributed by atoms with Crippen LogP contribution in [0.2, 0.25) is 0 Å². The summed E-state index contributed by atoms with van der Waals surface area (Å²) in [6.45, 7) is 2.73. The van der Waals surface area contributed by atoms with Crippen LogP contribution in [0.15, 0.2) is 21.2 Å². The van der Waals surface area contributed by atoms with Crippen molar-refractivity contribution in [2.24, 2.45) is 5.84 Å². The van der Waals surface area contributed by atoms with Crippen molar-refractivity contribution in [3.63, 3.8) is 0 Å². The molecule has 1 aliphatic rings. The molecule has 4 nitrogen and oxygen atoms in total. The Hall–Kier alpha value is -0.360. The van der Waals surface area contributed by atoms with Gasteiger partial charge in [-0.15, -0.1) is 0 Å². The maximum Gasteiger partial charge on any atom is 0.139 e. The molecule has 0 radical (unpaired) electrons. The molecule has 5 heteroatoms. The zero-order chi connectivity index (χ0) is 13.7. The number of rotatable bonds is 5. The first-order chi connectivity index (χ1) is 9.23. The Morgan fingerprint density at radius 1 is 1.42 bits per heavy atom. The number of hydrazine groups is 1. The fraction of sp³-hybridized carbons (Fsp3) is 0.714. The van der Waals surface area contributed by atoms with Crippen molar-refractivity contribution >= 4 is 15.9 Å². The van der Waals surface area contributed by atoms with Crippen LogP contribution in [-0.4, -0.2) is 12.2 Å². The lowest BCUT2D eigenvalue weighted by Crippen LogP contribution is -2.48. The predicted octanol–water partition coefficient (Wildman–Crippen LogP) is 3.68. The van der Waals surface area contributed by atoms with Crippen LogP contribution < -0.4 is 11.3 Å². The van der Waals surface area contributed by atoms with E-state index in [9.17, 15) is 0 Å². The fourth-order valence-corrected chi connectivity index (χ4v) is 3.54. The first-order valence-electron chi connectivity index (χ1n) is 7.06. The molecule has 0 spiro atoms. The molecule has 108 valence electrons. The van der Waals surface area contributed by atoms with Gasteiger partial charge < -0.3 is 9.15 Å². The average Bonchev–Trinajstić information content (AvgIpc) is 2.68. The monoisotopic (exact) mass is 330 g/mol. The third-order valence-corrected chi connectivity index (χ3v) is 4.64. The lowest BCUT2D eigenvalue weighted by molar-refractivity contribution is -0.0826. The summed E-state index contributed by atoms with van der Waals surface area (Å²) in [4.78, 5) is 0. The van der Waals surface area contributed by atoms with Crippen LogP contribution >= 0.6 is 15.9 Å². The van der Waals surface area contributed by atoms with Crippen molar-refractivity contribution in [1.29, 1.82) is 0 Å². The second-order valence-corrected chi connectivity index (χ2v) is 6.00. The van der Waals surface area contributed by atoms with Gasteiger partial charge in [-0.25, -0.2) is 5.43 Å². The molecule has 2 rings (SSSR count). The summed E-state index contributed by atoms with van der Waals surface area (Å²) in [6, 6.07) is 1.78. The lowest BCUT2D eigenvalue weighted by Gasteiger charge is -2.39. The molecule has 1 saturated carbocycles. The van der Waals surface area contributed by atoms with Crippen LogP contribution in [0, 0.1) is 0 Å². The maximum absolute atomic E-state index is 6.16. The van der Waals surface area contributed by atoms with E-state index >= 15 is 0 Å². The molecule has 19 heavy (non-hydrogen) atoms. The van der Waals surface area contributed by atoms with Gasteiger partial charge in [-0.1, -0.05) is 25.7 Å². The van der Waals surface area contributed by atoms with Crippen molar-refractivity contribution in [3.05, 3.63) is 22.6 Å². The van der Waals surface area contributed by atoms with E-state index < -0.39 is 0 Å². The van der Waals surface area contributed by atoms with Gasteiger partial charge >= 0.3 is 0 Å². The molecule has 1 heterocycles. The highest BCUT2D eigenvalue weighted by Crippen LogP contribution is 2.42. The highest BCUT2D eigenvalue weighted by atomic mass is 79.9. The van der Waals surface area contributed by atoms with Crippen LogP contribution in [0.3, 0.4) is 0 Å². The average molecular weight is 331 g/mol. The molecular formula is C14H23BrN2O2. The smallest absolute Gasteiger partial charge is 0.139 e. The second-order valence-electron chi connectivity index (χ2n) is 5.14. The molecule has 0 bridgehead atoms. The lowest BCUT2D eigenvalue weighted by atomic mass is 9.85. The number of hydrogen-bond donors (Lipinski definition) is 2. The molecular weight excluding hydrogens is 308 g/mol. The topological polar surface area (TPSA) is 60.4 Å². The Morgan fingerprint density at radius 3 is 2.58 bits per heavy atom. The highest BCUT2D eigenvalue weighted by molar-refractivity contribution is 9.10. The molecule has 3 N–H and O–H groups in total. The van der Waals surface area contributed by atoms with Gasteiger partial charge in [0.1, 0.15) is 11.8 Å². The number of nitrogens with two attached hydrogens (primary N) is 1. The van der Waals surface area contributed by atoms with Crippen LogP contribution in [0.25, 0.3) is 0 Å². The van der Waals surface area contributed by atoms with Gasteiger partial charge in [-0.05, 0) is 41.8 Å². The molecule has 0 amide bonds. The van der Waals surface area contributed by atoms with E-state index in [2.05, 4.69) is 21.4 Å². The summed E-state index contributed by atoms with van der Waals surface area (Å²) < 4.78 is 12.7. The molecule has 1 unspecified atom stereocenters. The molecule has 0 saturated heterocycles. The SMILES string of the molecule is CCOC1(C(NN)c2occc2Br)CCCCCC1. The van der Waals surface area contributed by atoms with E-state index in [4.69, 9.17) is 15.0 Å². The van der Waals surface area contributed by atoms with Gasteiger partial charge in [-0.3, -0.25) is 5.84 Å². The van der Waals surface area contributed by atoms with Crippen molar-refractivity contribution in [1.82, 2.24) is 5.43 Å². The Balaban J connectivity index is 2.31. The summed E-state index contributed by atoms with van der Waals surface area (Å²) >= 11 is 3.52.